The molecule has 0 saturated carbocycles. The van der Waals surface area contributed by atoms with Gasteiger partial charge in [-0.25, -0.2) is 8.42 Å². The maximum Gasteiger partial charge on any atom is 0.257 e. The minimum absolute atomic E-state index is 0.0615. The highest BCUT2D eigenvalue weighted by Crippen LogP contribution is 2.26. The van der Waals surface area contributed by atoms with Gasteiger partial charge in [0.2, 0.25) is 10.0 Å². The van der Waals surface area contributed by atoms with E-state index in [2.05, 4.69) is 0 Å². The van der Waals surface area contributed by atoms with E-state index in [-0.39, 0.29) is 29.5 Å². The third-order valence-corrected chi connectivity index (χ3v) is 6.83. The molecule has 0 spiro atoms. The van der Waals surface area contributed by atoms with E-state index in [9.17, 15) is 13.2 Å². The Kier molecular flexibility index (Phi) is 6.96. The minimum atomic E-state index is -3.72. The Morgan fingerprint density at radius 1 is 1.07 bits per heavy atom. The summed E-state index contributed by atoms with van der Waals surface area (Å²) in [5, 5.41) is 0. The van der Waals surface area contributed by atoms with E-state index in [1.165, 1.54) is 34.5 Å². The predicted molar refractivity (Wildman–Crippen MR) is 111 cm³/mol. The molecule has 1 aliphatic heterocycles. The molecule has 1 aliphatic rings. The summed E-state index contributed by atoms with van der Waals surface area (Å²) in [5.41, 5.74) is 1.12. The SMILES string of the molecule is COc1ccc(CN(C)C(=O)c2cc(S(=O)(=O)N3CCOCC3)ccc2OC)cc1. The van der Waals surface area contributed by atoms with Gasteiger partial charge in [0.05, 0.1) is 37.9 Å². The van der Waals surface area contributed by atoms with Crippen LogP contribution in [0.5, 0.6) is 11.5 Å². The molecule has 0 radical (unpaired) electrons. The first-order chi connectivity index (χ1) is 14.4. The van der Waals surface area contributed by atoms with Crippen molar-refractivity contribution in [3.05, 3.63) is 53.6 Å². The van der Waals surface area contributed by atoms with Crippen LogP contribution in [0.15, 0.2) is 47.4 Å². The molecule has 0 atom stereocenters. The zero-order valence-corrected chi connectivity index (χ0v) is 18.1. The summed E-state index contributed by atoms with van der Waals surface area (Å²) in [5.74, 6) is 0.722. The number of benzene rings is 2. The molecule has 1 amide bonds. The van der Waals surface area contributed by atoms with Gasteiger partial charge in [0.25, 0.3) is 5.91 Å². The van der Waals surface area contributed by atoms with Gasteiger partial charge in [-0.15, -0.1) is 0 Å². The number of ether oxygens (including phenoxy) is 3. The van der Waals surface area contributed by atoms with Crippen LogP contribution in [-0.4, -0.2) is 71.1 Å². The van der Waals surface area contributed by atoms with Gasteiger partial charge < -0.3 is 19.1 Å². The zero-order chi connectivity index (χ0) is 21.7. The van der Waals surface area contributed by atoms with Gasteiger partial charge in [-0.2, -0.15) is 4.31 Å². The lowest BCUT2D eigenvalue weighted by molar-refractivity contribution is 0.0730. The molecular weight excluding hydrogens is 408 g/mol. The van der Waals surface area contributed by atoms with Crippen LogP contribution in [0.4, 0.5) is 0 Å². The van der Waals surface area contributed by atoms with E-state index < -0.39 is 10.0 Å². The molecule has 0 unspecified atom stereocenters. The number of sulfonamides is 1. The summed E-state index contributed by atoms with van der Waals surface area (Å²) in [7, 11) is 0.982. The molecule has 0 bridgehead atoms. The Bertz CT molecular complexity index is 985. The average Bonchev–Trinajstić information content (AvgIpc) is 2.79. The highest BCUT2D eigenvalue weighted by molar-refractivity contribution is 7.89. The maximum atomic E-state index is 13.1. The van der Waals surface area contributed by atoms with Crippen LogP contribution in [0.2, 0.25) is 0 Å². The Labute approximate surface area is 177 Å². The number of carbonyl (C=O) groups is 1. The number of hydrogen-bond acceptors (Lipinski definition) is 6. The van der Waals surface area contributed by atoms with Crippen LogP contribution in [0, 0.1) is 0 Å². The van der Waals surface area contributed by atoms with Gasteiger partial charge >= 0.3 is 0 Å². The quantitative estimate of drug-likeness (QED) is 0.663. The normalized spacial score (nSPS) is 14.9. The van der Waals surface area contributed by atoms with Crippen molar-refractivity contribution in [1.82, 2.24) is 9.21 Å². The fraction of sp³-hybridized carbons (Fsp3) is 0.381. The summed E-state index contributed by atoms with van der Waals surface area (Å²) >= 11 is 0. The summed E-state index contributed by atoms with van der Waals surface area (Å²) in [6, 6.07) is 11.8. The summed E-state index contributed by atoms with van der Waals surface area (Å²) in [6.45, 7) is 1.63. The molecule has 162 valence electrons. The van der Waals surface area contributed by atoms with E-state index >= 15 is 0 Å². The second kappa shape index (κ2) is 9.46. The second-order valence-corrected chi connectivity index (χ2v) is 8.83. The average molecular weight is 435 g/mol. The van der Waals surface area contributed by atoms with Gasteiger partial charge in [-0.3, -0.25) is 4.79 Å². The summed E-state index contributed by atoms with van der Waals surface area (Å²) < 4.78 is 43.0. The number of rotatable bonds is 7. The Morgan fingerprint density at radius 2 is 1.73 bits per heavy atom. The number of hydrogen-bond donors (Lipinski definition) is 0. The van der Waals surface area contributed by atoms with Crippen molar-refractivity contribution in [3.63, 3.8) is 0 Å². The molecule has 3 rings (SSSR count). The molecule has 9 heteroatoms. The molecule has 0 N–H and O–H groups in total. The molecule has 1 fully saturated rings. The van der Waals surface area contributed by atoms with Crippen LogP contribution in [0.1, 0.15) is 15.9 Å². The Balaban J connectivity index is 1.85. The van der Waals surface area contributed by atoms with E-state index in [0.29, 0.717) is 25.5 Å². The van der Waals surface area contributed by atoms with Crippen LogP contribution in [0.25, 0.3) is 0 Å². The number of nitrogens with zero attached hydrogens (tertiary/aromatic N) is 2. The van der Waals surface area contributed by atoms with Crippen LogP contribution >= 0.6 is 0 Å². The minimum Gasteiger partial charge on any atom is -0.497 e. The fourth-order valence-electron chi connectivity index (χ4n) is 3.23. The van der Waals surface area contributed by atoms with E-state index in [0.717, 1.165) is 11.3 Å². The van der Waals surface area contributed by atoms with Crippen molar-refractivity contribution in [2.45, 2.75) is 11.4 Å². The Hall–Kier alpha value is -2.62. The van der Waals surface area contributed by atoms with Crippen molar-refractivity contribution in [2.24, 2.45) is 0 Å². The van der Waals surface area contributed by atoms with Crippen molar-refractivity contribution < 1.29 is 27.4 Å². The van der Waals surface area contributed by atoms with Crippen molar-refractivity contribution in [3.8, 4) is 11.5 Å². The standard InChI is InChI=1S/C21H26N2O6S/c1-22(15-16-4-6-17(27-2)7-5-16)21(24)19-14-18(8-9-20(19)28-3)30(25,26)23-10-12-29-13-11-23/h4-9,14H,10-13,15H2,1-3H3. The molecule has 8 nitrogen and oxygen atoms in total. The van der Waals surface area contributed by atoms with E-state index in [4.69, 9.17) is 14.2 Å². The fourth-order valence-corrected chi connectivity index (χ4v) is 4.67. The molecule has 0 aromatic heterocycles. The number of carbonyl (C=O) groups excluding carboxylic acids is 1. The lowest BCUT2D eigenvalue weighted by Gasteiger charge is -2.26. The first-order valence-corrected chi connectivity index (χ1v) is 10.9. The smallest absolute Gasteiger partial charge is 0.257 e. The molecular formula is C21H26N2O6S. The second-order valence-electron chi connectivity index (χ2n) is 6.89. The third-order valence-electron chi connectivity index (χ3n) is 4.93. The van der Waals surface area contributed by atoms with Crippen LogP contribution in [-0.2, 0) is 21.3 Å². The number of morpholine rings is 1. The summed E-state index contributed by atoms with van der Waals surface area (Å²) in [6.07, 6.45) is 0. The van der Waals surface area contributed by atoms with E-state index in [1.807, 2.05) is 24.3 Å². The molecule has 1 heterocycles. The first-order valence-electron chi connectivity index (χ1n) is 9.51. The molecule has 2 aromatic rings. The third kappa shape index (κ3) is 4.75. The number of methoxy groups -OCH3 is 2. The van der Waals surface area contributed by atoms with Gasteiger partial charge in [0.15, 0.2) is 0 Å². The van der Waals surface area contributed by atoms with Gasteiger partial charge in [0.1, 0.15) is 11.5 Å². The topological polar surface area (TPSA) is 85.4 Å². The largest absolute Gasteiger partial charge is 0.497 e. The van der Waals surface area contributed by atoms with Crippen LogP contribution < -0.4 is 9.47 Å². The van der Waals surface area contributed by atoms with Crippen molar-refractivity contribution in [2.75, 3.05) is 47.6 Å². The van der Waals surface area contributed by atoms with Crippen molar-refractivity contribution >= 4 is 15.9 Å². The molecule has 30 heavy (non-hydrogen) atoms. The highest BCUT2D eigenvalue weighted by Gasteiger charge is 2.28. The molecule has 0 aliphatic carbocycles. The first kappa shape index (κ1) is 22.1. The van der Waals surface area contributed by atoms with Gasteiger partial charge in [0, 0.05) is 26.7 Å². The predicted octanol–water partition coefficient (Wildman–Crippen LogP) is 2.00. The molecule has 1 saturated heterocycles. The van der Waals surface area contributed by atoms with Gasteiger partial charge in [-0.1, -0.05) is 12.1 Å². The zero-order valence-electron chi connectivity index (χ0n) is 17.3. The highest BCUT2D eigenvalue weighted by atomic mass is 32.2. The van der Waals surface area contributed by atoms with E-state index in [1.54, 1.807) is 14.2 Å². The Morgan fingerprint density at radius 3 is 2.33 bits per heavy atom. The summed E-state index contributed by atoms with van der Waals surface area (Å²) in [4.78, 5) is 14.7. The molecule has 2 aromatic carbocycles. The lowest BCUT2D eigenvalue weighted by atomic mass is 10.1. The van der Waals surface area contributed by atoms with Crippen molar-refractivity contribution in [1.29, 1.82) is 0 Å². The van der Waals surface area contributed by atoms with Crippen LogP contribution in [0.3, 0.4) is 0 Å². The monoisotopic (exact) mass is 434 g/mol. The lowest BCUT2D eigenvalue weighted by Crippen LogP contribution is -2.40. The van der Waals surface area contributed by atoms with Gasteiger partial charge in [-0.05, 0) is 35.9 Å². The maximum absolute atomic E-state index is 13.1. The number of amides is 1.